The molecule has 88 valence electrons. The lowest BCUT2D eigenvalue weighted by molar-refractivity contribution is -0.155. The lowest BCUT2D eigenvalue weighted by Crippen LogP contribution is -2.37. The molecule has 2 aliphatic heterocycles. The van der Waals surface area contributed by atoms with Crippen molar-refractivity contribution in [3.8, 4) is 0 Å². The molecule has 4 rings (SSSR count). The predicted molar refractivity (Wildman–Crippen MR) is 47.8 cm³/mol. The fraction of sp³-hybridized carbons (Fsp3) is 0.636. The van der Waals surface area contributed by atoms with Gasteiger partial charge in [-0.2, -0.15) is 0 Å². The average molecular weight is 236 g/mol. The second-order valence-corrected chi connectivity index (χ2v) is 5.15. The van der Waals surface area contributed by atoms with Crippen molar-refractivity contribution in [3.05, 3.63) is 0 Å². The Balaban J connectivity index is 1.82. The quantitative estimate of drug-likeness (QED) is 0.407. The van der Waals surface area contributed by atoms with Crippen molar-refractivity contribution in [2.24, 2.45) is 35.5 Å². The molecular formula is C11H8O6. The first kappa shape index (κ1) is 9.32. The Hall–Kier alpha value is -1.72. The lowest BCUT2D eigenvalue weighted by atomic mass is 9.70. The van der Waals surface area contributed by atoms with Gasteiger partial charge >= 0.3 is 23.9 Å². The predicted octanol–water partition coefficient (Wildman–Crippen LogP) is -0.732. The number of carbonyl (C=O) groups is 4. The Bertz CT molecular complexity index is 410. The van der Waals surface area contributed by atoms with Crippen LogP contribution >= 0.6 is 0 Å². The summed E-state index contributed by atoms with van der Waals surface area (Å²) in [4.78, 5) is 46.2. The molecule has 0 aromatic carbocycles. The van der Waals surface area contributed by atoms with E-state index in [-0.39, 0.29) is 11.8 Å². The van der Waals surface area contributed by atoms with Gasteiger partial charge < -0.3 is 9.47 Å². The van der Waals surface area contributed by atoms with Gasteiger partial charge in [-0.15, -0.1) is 0 Å². The van der Waals surface area contributed by atoms with Gasteiger partial charge in [-0.05, 0) is 18.3 Å². The second-order valence-electron chi connectivity index (χ2n) is 5.15. The molecule has 2 saturated heterocycles. The summed E-state index contributed by atoms with van der Waals surface area (Å²) >= 11 is 0. The molecule has 0 radical (unpaired) electrons. The molecule has 0 N–H and O–H groups in total. The van der Waals surface area contributed by atoms with Crippen molar-refractivity contribution >= 4 is 23.9 Å². The molecule has 2 aliphatic carbocycles. The summed E-state index contributed by atoms with van der Waals surface area (Å²) in [5, 5.41) is 0. The highest BCUT2D eigenvalue weighted by molar-refractivity contribution is 6.03. The minimum atomic E-state index is -0.543. The average Bonchev–Trinajstić information content (AvgIpc) is 2.92. The van der Waals surface area contributed by atoms with E-state index in [4.69, 9.17) is 0 Å². The smallest absolute Gasteiger partial charge is 0.317 e. The van der Waals surface area contributed by atoms with Gasteiger partial charge in [0.2, 0.25) is 0 Å². The van der Waals surface area contributed by atoms with E-state index in [0.717, 1.165) is 0 Å². The zero-order valence-corrected chi connectivity index (χ0v) is 8.62. The van der Waals surface area contributed by atoms with Crippen LogP contribution in [0.15, 0.2) is 0 Å². The topological polar surface area (TPSA) is 86.7 Å². The van der Waals surface area contributed by atoms with E-state index in [1.54, 1.807) is 0 Å². The van der Waals surface area contributed by atoms with Crippen molar-refractivity contribution in [3.63, 3.8) is 0 Å². The third-order valence-corrected chi connectivity index (χ3v) is 4.65. The Morgan fingerprint density at radius 3 is 1.24 bits per heavy atom. The van der Waals surface area contributed by atoms with Crippen molar-refractivity contribution in [1.29, 1.82) is 0 Å². The van der Waals surface area contributed by atoms with E-state index in [1.807, 2.05) is 0 Å². The van der Waals surface area contributed by atoms with Crippen LogP contribution in [0.3, 0.4) is 0 Å². The number of hydrogen-bond donors (Lipinski definition) is 0. The van der Waals surface area contributed by atoms with Gasteiger partial charge in [-0.1, -0.05) is 0 Å². The Morgan fingerprint density at radius 1 is 0.647 bits per heavy atom. The third kappa shape index (κ3) is 0.852. The number of ether oxygens (including phenoxy) is 2. The SMILES string of the molecule is O=C1OC(=O)C2C1[C@H]1C[C@@H]2C2C(=O)OC(=O)C21. The largest absolute Gasteiger partial charge is 0.393 e. The van der Waals surface area contributed by atoms with Crippen molar-refractivity contribution < 1.29 is 28.7 Å². The minimum Gasteiger partial charge on any atom is -0.393 e. The molecular weight excluding hydrogens is 228 g/mol. The highest BCUT2D eigenvalue weighted by Gasteiger charge is 2.72. The summed E-state index contributed by atoms with van der Waals surface area (Å²) in [6, 6.07) is 0. The summed E-state index contributed by atoms with van der Waals surface area (Å²) in [6.07, 6.45) is 0.576. The van der Waals surface area contributed by atoms with Crippen LogP contribution in [-0.4, -0.2) is 23.9 Å². The van der Waals surface area contributed by atoms with Crippen LogP contribution in [-0.2, 0) is 28.7 Å². The monoisotopic (exact) mass is 236 g/mol. The lowest BCUT2D eigenvalue weighted by Gasteiger charge is -2.25. The van der Waals surface area contributed by atoms with E-state index in [1.165, 1.54) is 0 Å². The zero-order chi connectivity index (χ0) is 11.9. The Kier molecular flexibility index (Phi) is 1.41. The number of fused-ring (bicyclic) bond motifs is 8. The maximum atomic E-state index is 11.6. The van der Waals surface area contributed by atoms with Crippen molar-refractivity contribution in [2.45, 2.75) is 6.42 Å². The van der Waals surface area contributed by atoms with Crippen LogP contribution in [0.4, 0.5) is 0 Å². The van der Waals surface area contributed by atoms with Gasteiger partial charge in [0.05, 0.1) is 23.7 Å². The molecule has 6 nitrogen and oxygen atoms in total. The van der Waals surface area contributed by atoms with Gasteiger partial charge in [0.1, 0.15) is 0 Å². The van der Waals surface area contributed by atoms with E-state index in [9.17, 15) is 19.2 Å². The normalized spacial score (nSPS) is 50.4. The maximum absolute atomic E-state index is 11.6. The molecule has 0 aromatic heterocycles. The number of rotatable bonds is 0. The van der Waals surface area contributed by atoms with Crippen molar-refractivity contribution in [1.82, 2.24) is 0 Å². The summed E-state index contributed by atoms with van der Waals surface area (Å²) in [7, 11) is 0. The second kappa shape index (κ2) is 2.57. The highest BCUT2D eigenvalue weighted by Crippen LogP contribution is 2.62. The molecule has 0 aromatic rings. The Labute approximate surface area is 95.2 Å². The van der Waals surface area contributed by atoms with E-state index < -0.39 is 47.5 Å². The molecule has 2 saturated carbocycles. The van der Waals surface area contributed by atoms with Crippen LogP contribution < -0.4 is 0 Å². The zero-order valence-electron chi connectivity index (χ0n) is 8.62. The first-order chi connectivity index (χ1) is 8.09. The van der Waals surface area contributed by atoms with Gasteiger partial charge in [-0.25, -0.2) is 0 Å². The standard InChI is InChI=1S/C11H8O6/c12-8-4-2-1-3(6(4)10(14)16-8)7-5(2)9(13)17-11(7)15/h2-7H,1H2/t2-,3+,4?,5?,6?,7?. The van der Waals surface area contributed by atoms with E-state index >= 15 is 0 Å². The van der Waals surface area contributed by atoms with Gasteiger partial charge in [0, 0.05) is 0 Å². The van der Waals surface area contributed by atoms with Crippen LogP contribution in [0.2, 0.25) is 0 Å². The molecule has 6 heteroatoms. The molecule has 0 spiro atoms. The first-order valence-electron chi connectivity index (χ1n) is 5.60. The summed E-state index contributed by atoms with van der Waals surface area (Å²) in [6.45, 7) is 0. The number of cyclic esters (lactones) is 4. The first-order valence-corrected chi connectivity index (χ1v) is 5.60. The fourth-order valence-electron chi connectivity index (χ4n) is 4.17. The van der Waals surface area contributed by atoms with Crippen molar-refractivity contribution in [2.75, 3.05) is 0 Å². The van der Waals surface area contributed by atoms with E-state index in [2.05, 4.69) is 9.47 Å². The third-order valence-electron chi connectivity index (χ3n) is 4.65. The molecule has 0 amide bonds. The minimum absolute atomic E-state index is 0.257. The van der Waals surface area contributed by atoms with Gasteiger partial charge in [0.25, 0.3) is 0 Å². The van der Waals surface area contributed by atoms with Crippen LogP contribution in [0.1, 0.15) is 6.42 Å². The Morgan fingerprint density at radius 2 is 0.941 bits per heavy atom. The molecule has 2 bridgehead atoms. The van der Waals surface area contributed by atoms with Gasteiger partial charge in [0.15, 0.2) is 0 Å². The molecule has 17 heavy (non-hydrogen) atoms. The van der Waals surface area contributed by atoms with E-state index in [0.29, 0.717) is 6.42 Å². The van der Waals surface area contributed by atoms with Crippen LogP contribution in [0, 0.1) is 35.5 Å². The molecule has 2 heterocycles. The number of esters is 4. The molecule has 4 unspecified atom stereocenters. The summed E-state index contributed by atoms with van der Waals surface area (Å²) in [5.41, 5.74) is 0. The molecule has 4 fully saturated rings. The molecule has 4 aliphatic rings. The number of hydrogen-bond acceptors (Lipinski definition) is 6. The molecule has 4 atom stereocenters. The number of carbonyl (C=O) groups excluding carboxylic acids is 4. The van der Waals surface area contributed by atoms with Crippen LogP contribution in [0.25, 0.3) is 0 Å². The van der Waals surface area contributed by atoms with Crippen LogP contribution in [0.5, 0.6) is 0 Å². The summed E-state index contributed by atoms with van der Waals surface area (Å²) in [5.74, 6) is -4.83. The van der Waals surface area contributed by atoms with Gasteiger partial charge in [-0.3, -0.25) is 19.2 Å². The summed E-state index contributed by atoms with van der Waals surface area (Å²) < 4.78 is 9.21. The maximum Gasteiger partial charge on any atom is 0.317 e. The highest BCUT2D eigenvalue weighted by atomic mass is 16.6. The fourth-order valence-corrected chi connectivity index (χ4v) is 4.17.